The molecule has 0 aliphatic rings. The molecule has 0 amide bonds. The van der Waals surface area contributed by atoms with Crippen molar-refractivity contribution < 1.29 is 0 Å². The zero-order valence-corrected chi connectivity index (χ0v) is 11.2. The summed E-state index contributed by atoms with van der Waals surface area (Å²) in [6, 6.07) is 13.3. The van der Waals surface area contributed by atoms with Gasteiger partial charge in [-0.2, -0.15) is 0 Å². The third kappa shape index (κ3) is 3.29. The highest BCUT2D eigenvalue weighted by Crippen LogP contribution is 2.30. The first-order valence-electron chi connectivity index (χ1n) is 5.09. The molecular formula is C13H10Cl3N. The van der Waals surface area contributed by atoms with Crippen molar-refractivity contribution in [1.29, 1.82) is 0 Å². The van der Waals surface area contributed by atoms with Crippen LogP contribution in [0.3, 0.4) is 0 Å². The van der Waals surface area contributed by atoms with Crippen LogP contribution in [0.15, 0.2) is 42.5 Å². The summed E-state index contributed by atoms with van der Waals surface area (Å²) in [6.07, 6.45) is 0. The zero-order chi connectivity index (χ0) is 12.3. The first-order valence-corrected chi connectivity index (χ1v) is 6.22. The summed E-state index contributed by atoms with van der Waals surface area (Å²) in [4.78, 5) is 0. The van der Waals surface area contributed by atoms with Crippen molar-refractivity contribution in [2.45, 2.75) is 6.54 Å². The Hall–Kier alpha value is -0.890. The van der Waals surface area contributed by atoms with E-state index < -0.39 is 0 Å². The summed E-state index contributed by atoms with van der Waals surface area (Å²) in [6.45, 7) is 0.586. The third-order valence-corrected chi connectivity index (χ3v) is 3.38. The largest absolute Gasteiger partial charge is 0.381 e. The van der Waals surface area contributed by atoms with Crippen LogP contribution in [0.4, 0.5) is 5.69 Å². The Morgan fingerprint density at radius 2 is 1.65 bits per heavy atom. The lowest BCUT2D eigenvalue weighted by Gasteiger charge is -2.09. The minimum atomic E-state index is 0.476. The molecule has 0 unspecified atom stereocenters. The van der Waals surface area contributed by atoms with E-state index in [-0.39, 0.29) is 0 Å². The second kappa shape index (κ2) is 5.63. The quantitative estimate of drug-likeness (QED) is 0.759. The van der Waals surface area contributed by atoms with Crippen molar-refractivity contribution in [3.63, 3.8) is 0 Å². The maximum atomic E-state index is 6.10. The molecule has 17 heavy (non-hydrogen) atoms. The van der Waals surface area contributed by atoms with E-state index in [1.807, 2.05) is 36.4 Å². The summed E-state index contributed by atoms with van der Waals surface area (Å²) in [5.41, 5.74) is 1.91. The zero-order valence-electron chi connectivity index (χ0n) is 8.88. The number of benzene rings is 2. The molecular weight excluding hydrogens is 277 g/mol. The molecule has 0 saturated carbocycles. The molecule has 0 spiro atoms. The Labute approximate surface area is 115 Å². The average Bonchev–Trinajstić information content (AvgIpc) is 2.33. The van der Waals surface area contributed by atoms with Crippen LogP contribution in [0.25, 0.3) is 0 Å². The Kier molecular flexibility index (Phi) is 4.16. The highest BCUT2D eigenvalue weighted by atomic mass is 35.5. The fourth-order valence-electron chi connectivity index (χ4n) is 1.49. The fraction of sp³-hybridized carbons (Fsp3) is 0.0769. The Balaban J connectivity index is 2.14. The lowest BCUT2D eigenvalue weighted by atomic mass is 10.2. The van der Waals surface area contributed by atoms with Crippen molar-refractivity contribution in [3.8, 4) is 0 Å². The SMILES string of the molecule is Clc1cc(Cl)c(Cl)c(CNc2ccccc2)c1. The first-order chi connectivity index (χ1) is 8.16. The van der Waals surface area contributed by atoms with Crippen molar-refractivity contribution >= 4 is 40.5 Å². The van der Waals surface area contributed by atoms with E-state index in [0.29, 0.717) is 21.6 Å². The van der Waals surface area contributed by atoms with Gasteiger partial charge in [0.25, 0.3) is 0 Å². The first kappa shape index (κ1) is 12.6. The van der Waals surface area contributed by atoms with E-state index in [0.717, 1.165) is 11.3 Å². The molecule has 0 atom stereocenters. The maximum Gasteiger partial charge on any atom is 0.0643 e. The van der Waals surface area contributed by atoms with Crippen LogP contribution in [0.5, 0.6) is 0 Å². The van der Waals surface area contributed by atoms with E-state index in [1.54, 1.807) is 6.07 Å². The standard InChI is InChI=1S/C13H10Cl3N/c14-10-6-9(13(16)12(15)7-10)8-17-11-4-2-1-3-5-11/h1-7,17H,8H2. The summed E-state index contributed by atoms with van der Waals surface area (Å²) < 4.78 is 0. The van der Waals surface area contributed by atoms with Gasteiger partial charge in [-0.15, -0.1) is 0 Å². The molecule has 0 saturated heterocycles. The van der Waals surface area contributed by atoms with Crippen molar-refractivity contribution in [3.05, 3.63) is 63.1 Å². The molecule has 0 aliphatic heterocycles. The highest BCUT2D eigenvalue weighted by molar-refractivity contribution is 6.43. The van der Waals surface area contributed by atoms with E-state index in [2.05, 4.69) is 5.32 Å². The number of nitrogens with one attached hydrogen (secondary N) is 1. The van der Waals surface area contributed by atoms with Crippen LogP contribution in [0, 0.1) is 0 Å². The molecule has 88 valence electrons. The monoisotopic (exact) mass is 285 g/mol. The smallest absolute Gasteiger partial charge is 0.0643 e. The molecule has 0 bridgehead atoms. The number of anilines is 1. The van der Waals surface area contributed by atoms with Crippen LogP contribution in [-0.4, -0.2) is 0 Å². The molecule has 0 fully saturated rings. The molecule has 0 aliphatic carbocycles. The second-order valence-corrected chi connectivity index (χ2v) is 4.80. The Morgan fingerprint density at radius 3 is 2.35 bits per heavy atom. The van der Waals surface area contributed by atoms with Gasteiger partial charge in [-0.3, -0.25) is 0 Å². The molecule has 1 nitrogen and oxygen atoms in total. The van der Waals surface area contributed by atoms with Gasteiger partial charge in [-0.05, 0) is 29.8 Å². The number of rotatable bonds is 3. The van der Waals surface area contributed by atoms with Crippen LogP contribution < -0.4 is 5.32 Å². The fourth-order valence-corrected chi connectivity index (χ4v) is 2.20. The average molecular weight is 287 g/mol. The minimum Gasteiger partial charge on any atom is -0.381 e. The van der Waals surface area contributed by atoms with E-state index in [1.165, 1.54) is 0 Å². The van der Waals surface area contributed by atoms with Crippen molar-refractivity contribution in [2.75, 3.05) is 5.32 Å². The van der Waals surface area contributed by atoms with Crippen LogP contribution in [0.1, 0.15) is 5.56 Å². The number of para-hydroxylation sites is 1. The van der Waals surface area contributed by atoms with Gasteiger partial charge in [0.15, 0.2) is 0 Å². The van der Waals surface area contributed by atoms with Gasteiger partial charge in [0.05, 0.1) is 10.0 Å². The summed E-state index contributed by atoms with van der Waals surface area (Å²) >= 11 is 18.0. The maximum absolute atomic E-state index is 6.10. The van der Waals surface area contributed by atoms with Gasteiger partial charge < -0.3 is 5.32 Å². The van der Waals surface area contributed by atoms with Crippen LogP contribution >= 0.6 is 34.8 Å². The summed E-state index contributed by atoms with van der Waals surface area (Å²) in [7, 11) is 0. The molecule has 0 heterocycles. The highest BCUT2D eigenvalue weighted by Gasteiger charge is 2.06. The van der Waals surface area contributed by atoms with Gasteiger partial charge in [0, 0.05) is 17.3 Å². The molecule has 0 radical (unpaired) electrons. The number of halogens is 3. The van der Waals surface area contributed by atoms with Crippen LogP contribution in [0.2, 0.25) is 15.1 Å². The lowest BCUT2D eigenvalue weighted by Crippen LogP contribution is -2.00. The van der Waals surface area contributed by atoms with Gasteiger partial charge in [0.1, 0.15) is 0 Å². The van der Waals surface area contributed by atoms with E-state index in [9.17, 15) is 0 Å². The van der Waals surface area contributed by atoms with Crippen molar-refractivity contribution in [1.82, 2.24) is 0 Å². The van der Waals surface area contributed by atoms with Gasteiger partial charge in [0.2, 0.25) is 0 Å². The van der Waals surface area contributed by atoms with Gasteiger partial charge >= 0.3 is 0 Å². The molecule has 4 heteroatoms. The van der Waals surface area contributed by atoms with Crippen LogP contribution in [-0.2, 0) is 6.54 Å². The second-order valence-electron chi connectivity index (χ2n) is 3.58. The number of hydrogen-bond donors (Lipinski definition) is 1. The minimum absolute atomic E-state index is 0.476. The molecule has 2 aromatic carbocycles. The summed E-state index contributed by atoms with van der Waals surface area (Å²) in [5, 5.41) is 4.86. The van der Waals surface area contributed by atoms with Gasteiger partial charge in [-0.1, -0.05) is 53.0 Å². The molecule has 1 N–H and O–H groups in total. The lowest BCUT2D eigenvalue weighted by molar-refractivity contribution is 1.15. The summed E-state index contributed by atoms with van der Waals surface area (Å²) in [5.74, 6) is 0. The van der Waals surface area contributed by atoms with E-state index in [4.69, 9.17) is 34.8 Å². The third-order valence-electron chi connectivity index (χ3n) is 2.33. The van der Waals surface area contributed by atoms with Gasteiger partial charge in [-0.25, -0.2) is 0 Å². The molecule has 2 aromatic rings. The molecule has 2 rings (SSSR count). The Bertz CT molecular complexity index is 512. The predicted molar refractivity (Wildman–Crippen MR) is 75.2 cm³/mol. The Morgan fingerprint density at radius 1 is 0.941 bits per heavy atom. The topological polar surface area (TPSA) is 12.0 Å². The normalized spacial score (nSPS) is 10.3. The number of hydrogen-bond acceptors (Lipinski definition) is 1. The molecule has 0 aromatic heterocycles. The predicted octanol–water partition coefficient (Wildman–Crippen LogP) is 5.26. The van der Waals surface area contributed by atoms with E-state index >= 15 is 0 Å². The van der Waals surface area contributed by atoms with Crippen molar-refractivity contribution in [2.24, 2.45) is 0 Å².